The van der Waals surface area contributed by atoms with E-state index in [0.717, 1.165) is 66.3 Å². The third kappa shape index (κ3) is 12.1. The summed E-state index contributed by atoms with van der Waals surface area (Å²) >= 11 is 5.27. The number of carbonyl (C=O) groups is 3. The van der Waals surface area contributed by atoms with Crippen molar-refractivity contribution >= 4 is 56.4 Å². The van der Waals surface area contributed by atoms with Crippen molar-refractivity contribution in [1.29, 1.82) is 0 Å². The average molecular weight is 858 g/mol. The Bertz CT molecular complexity index is 1930. The summed E-state index contributed by atoms with van der Waals surface area (Å²) in [5.74, 6) is 2.24. The molecule has 0 aliphatic heterocycles. The van der Waals surface area contributed by atoms with Gasteiger partial charge in [-0.1, -0.05) is 92.4 Å². The zero-order valence-corrected chi connectivity index (χ0v) is 38.5. The standard InChI is InChI=1S/C25H29BrO2S.C25H36O3/c1-4-18-12-16(3)13-19(5-2)24(18)25-22(27)14-17(15-23(25)28)10-11-29-21-8-6-20(26)7-9-21;1-8-11-17-14-20(26)23(21(15-17)28-24(27)25(5,6)7)22-18(9-2)12-16(4)13-19(22)10-3/h6-9,12-13,17,27H,4-5,10-11,14-15H2,1-3H3;12-13,17H,8-11,14-15H2,1-7H3. The van der Waals surface area contributed by atoms with Crippen molar-refractivity contribution in [2.75, 3.05) is 5.75 Å². The molecule has 0 saturated heterocycles. The zero-order chi connectivity index (χ0) is 42.0. The first-order chi connectivity index (χ1) is 27.0. The molecular weight excluding hydrogens is 793 g/mol. The van der Waals surface area contributed by atoms with Crippen LogP contribution in [0.4, 0.5) is 0 Å². The van der Waals surface area contributed by atoms with E-state index >= 15 is 0 Å². The largest absolute Gasteiger partial charge is 0.512 e. The van der Waals surface area contributed by atoms with Gasteiger partial charge in [-0.3, -0.25) is 14.4 Å². The van der Waals surface area contributed by atoms with Crippen LogP contribution in [0.25, 0.3) is 11.1 Å². The Balaban J connectivity index is 0.000000253. The van der Waals surface area contributed by atoms with E-state index in [1.54, 1.807) is 11.8 Å². The molecular formula is C50H65BrO5S. The number of hydrogen-bond donors (Lipinski definition) is 1. The molecule has 0 bridgehead atoms. The zero-order valence-electron chi connectivity index (χ0n) is 36.1. The van der Waals surface area contributed by atoms with E-state index in [1.807, 2.05) is 32.9 Å². The number of aryl methyl sites for hydroxylation is 6. The number of rotatable bonds is 13. The van der Waals surface area contributed by atoms with E-state index in [4.69, 9.17) is 4.74 Å². The average Bonchev–Trinajstić information content (AvgIpc) is 3.15. The summed E-state index contributed by atoms with van der Waals surface area (Å²) in [6.45, 7) is 20.3. The van der Waals surface area contributed by atoms with Crippen LogP contribution in [0.15, 0.2) is 69.4 Å². The van der Waals surface area contributed by atoms with Gasteiger partial charge in [-0.25, -0.2) is 0 Å². The van der Waals surface area contributed by atoms with Crippen LogP contribution in [0.5, 0.6) is 0 Å². The Morgan fingerprint density at radius 1 is 0.719 bits per heavy atom. The maximum atomic E-state index is 13.3. The van der Waals surface area contributed by atoms with Gasteiger partial charge in [0.1, 0.15) is 11.5 Å². The van der Waals surface area contributed by atoms with Gasteiger partial charge >= 0.3 is 5.97 Å². The first-order valence-corrected chi connectivity index (χ1v) is 22.9. The molecule has 308 valence electrons. The molecule has 0 amide bonds. The number of aliphatic hydroxyl groups is 1. The predicted molar refractivity (Wildman–Crippen MR) is 242 cm³/mol. The molecule has 7 heteroatoms. The van der Waals surface area contributed by atoms with E-state index < -0.39 is 5.41 Å². The lowest BCUT2D eigenvalue weighted by molar-refractivity contribution is -0.149. The number of aliphatic hydroxyl groups excluding tert-OH is 1. The van der Waals surface area contributed by atoms with E-state index in [1.165, 1.54) is 38.3 Å². The Morgan fingerprint density at radius 3 is 1.61 bits per heavy atom. The highest BCUT2D eigenvalue weighted by molar-refractivity contribution is 9.10. The number of thioether (sulfide) groups is 1. The summed E-state index contributed by atoms with van der Waals surface area (Å²) in [7, 11) is 0. The summed E-state index contributed by atoms with van der Waals surface area (Å²) in [6, 6.07) is 16.9. The van der Waals surface area contributed by atoms with E-state index in [-0.39, 0.29) is 35.1 Å². The Kier molecular flexibility index (Phi) is 17.1. The van der Waals surface area contributed by atoms with Gasteiger partial charge in [0.15, 0.2) is 11.6 Å². The summed E-state index contributed by atoms with van der Waals surface area (Å²) < 4.78 is 7.00. The fraction of sp³-hybridized carbons (Fsp3) is 0.500. The topological polar surface area (TPSA) is 80.7 Å². The number of hydrogen-bond acceptors (Lipinski definition) is 6. The highest BCUT2D eigenvalue weighted by Crippen LogP contribution is 2.41. The SMILES string of the molecule is CCCC1CC(=O)C(c2c(CC)cc(C)cc2CC)=C(OC(=O)C(C)(C)C)C1.CCc1cc(C)cc(CC)c1C1=C(O)CC(CCSc2ccc(Br)cc2)CC1=O. The fourth-order valence-electron chi connectivity index (χ4n) is 8.18. The van der Waals surface area contributed by atoms with Gasteiger partial charge in [-0.15, -0.1) is 11.8 Å². The maximum Gasteiger partial charge on any atom is 0.316 e. The number of ketones is 2. The molecule has 0 spiro atoms. The molecule has 2 unspecified atom stereocenters. The van der Waals surface area contributed by atoms with Gasteiger partial charge in [-0.2, -0.15) is 0 Å². The van der Waals surface area contributed by atoms with Crippen molar-refractivity contribution in [3.63, 3.8) is 0 Å². The Labute approximate surface area is 355 Å². The Hall–Kier alpha value is -3.42. The van der Waals surface area contributed by atoms with Crippen LogP contribution in [-0.4, -0.2) is 28.4 Å². The van der Waals surface area contributed by atoms with Crippen LogP contribution >= 0.6 is 27.7 Å². The molecule has 0 aromatic heterocycles. The van der Waals surface area contributed by atoms with Gasteiger partial charge in [0.25, 0.3) is 0 Å². The number of ether oxygens (including phenoxy) is 1. The van der Waals surface area contributed by atoms with Crippen molar-refractivity contribution in [2.24, 2.45) is 17.3 Å². The van der Waals surface area contributed by atoms with Gasteiger partial charge in [-0.05, 0) is 148 Å². The molecule has 2 atom stereocenters. The van der Waals surface area contributed by atoms with Crippen molar-refractivity contribution in [2.45, 2.75) is 145 Å². The monoisotopic (exact) mass is 856 g/mol. The lowest BCUT2D eigenvalue weighted by Crippen LogP contribution is -2.27. The second-order valence-corrected chi connectivity index (χ2v) is 18.9. The van der Waals surface area contributed by atoms with Crippen molar-refractivity contribution in [1.82, 2.24) is 0 Å². The number of carbonyl (C=O) groups excluding carboxylic acids is 3. The summed E-state index contributed by atoms with van der Waals surface area (Å²) in [5.41, 5.74) is 9.71. The quantitative estimate of drug-likeness (QED) is 0.136. The number of Topliss-reactive ketones (excluding diaryl/α,β-unsaturated/α-hetero) is 2. The van der Waals surface area contributed by atoms with E-state index in [9.17, 15) is 19.5 Å². The van der Waals surface area contributed by atoms with Crippen LogP contribution in [0, 0.1) is 31.1 Å². The van der Waals surface area contributed by atoms with Crippen molar-refractivity contribution in [3.8, 4) is 0 Å². The van der Waals surface area contributed by atoms with Crippen LogP contribution in [-0.2, 0) is 44.8 Å². The highest BCUT2D eigenvalue weighted by atomic mass is 79.9. The lowest BCUT2D eigenvalue weighted by Gasteiger charge is -2.29. The third-order valence-electron chi connectivity index (χ3n) is 11.1. The molecule has 0 heterocycles. The second-order valence-electron chi connectivity index (χ2n) is 16.9. The first-order valence-electron chi connectivity index (χ1n) is 21.1. The Morgan fingerprint density at radius 2 is 1.18 bits per heavy atom. The van der Waals surface area contributed by atoms with E-state index in [2.05, 4.69) is 101 Å². The second kappa shape index (κ2) is 21.0. The number of esters is 1. The highest BCUT2D eigenvalue weighted by Gasteiger charge is 2.35. The molecule has 0 radical (unpaired) electrons. The minimum absolute atomic E-state index is 0.0978. The molecule has 3 aromatic rings. The van der Waals surface area contributed by atoms with Gasteiger partial charge in [0.05, 0.1) is 16.6 Å². The maximum absolute atomic E-state index is 13.3. The summed E-state index contributed by atoms with van der Waals surface area (Å²) in [5, 5.41) is 10.9. The normalized spacial score (nSPS) is 17.5. The minimum Gasteiger partial charge on any atom is -0.512 e. The third-order valence-corrected chi connectivity index (χ3v) is 12.7. The molecule has 2 aliphatic carbocycles. The molecule has 0 saturated carbocycles. The van der Waals surface area contributed by atoms with Crippen molar-refractivity contribution in [3.05, 3.63) is 109 Å². The smallest absolute Gasteiger partial charge is 0.316 e. The summed E-state index contributed by atoms with van der Waals surface area (Å²) in [4.78, 5) is 40.3. The number of benzene rings is 3. The molecule has 1 N–H and O–H groups in total. The van der Waals surface area contributed by atoms with Crippen LogP contribution in [0.3, 0.4) is 0 Å². The molecule has 5 rings (SSSR count). The number of allylic oxidation sites excluding steroid dienone is 4. The predicted octanol–water partition coefficient (Wildman–Crippen LogP) is 13.5. The van der Waals surface area contributed by atoms with E-state index in [0.29, 0.717) is 42.6 Å². The molecule has 3 aromatic carbocycles. The van der Waals surface area contributed by atoms with Crippen LogP contribution in [0.2, 0.25) is 0 Å². The van der Waals surface area contributed by atoms with Gasteiger partial charge in [0.2, 0.25) is 0 Å². The van der Waals surface area contributed by atoms with Crippen LogP contribution in [0.1, 0.15) is 145 Å². The molecule has 0 fully saturated rings. The first kappa shape index (κ1) is 46.3. The number of halogens is 1. The molecule has 2 aliphatic rings. The molecule has 57 heavy (non-hydrogen) atoms. The van der Waals surface area contributed by atoms with Gasteiger partial charge in [0, 0.05) is 35.1 Å². The van der Waals surface area contributed by atoms with Crippen LogP contribution < -0.4 is 0 Å². The summed E-state index contributed by atoms with van der Waals surface area (Å²) in [6.07, 6.45) is 8.68. The molecule has 5 nitrogen and oxygen atoms in total. The lowest BCUT2D eigenvalue weighted by atomic mass is 9.78. The minimum atomic E-state index is -0.604. The van der Waals surface area contributed by atoms with Gasteiger partial charge < -0.3 is 9.84 Å². The van der Waals surface area contributed by atoms with Crippen molar-refractivity contribution < 1.29 is 24.2 Å². The fourth-order valence-corrected chi connectivity index (χ4v) is 9.46.